The number of hydrogen-bond donors (Lipinski definition) is 1. The van der Waals surface area contributed by atoms with Gasteiger partial charge in [0, 0.05) is 26.7 Å². The summed E-state index contributed by atoms with van der Waals surface area (Å²) in [6.45, 7) is 1.90. The van der Waals surface area contributed by atoms with E-state index in [1.807, 2.05) is 21.0 Å². The van der Waals surface area contributed by atoms with Crippen molar-refractivity contribution in [2.24, 2.45) is 0 Å². The molecule has 0 atom stereocenters. The summed E-state index contributed by atoms with van der Waals surface area (Å²) in [5.41, 5.74) is 1.58. The number of nitrogens with zero attached hydrogens (tertiary/aromatic N) is 4. The normalized spacial score (nSPS) is 10.4. The summed E-state index contributed by atoms with van der Waals surface area (Å²) in [5.74, 6) is 1.13. The van der Waals surface area contributed by atoms with E-state index in [1.54, 1.807) is 18.0 Å². The van der Waals surface area contributed by atoms with Crippen LogP contribution in [-0.4, -0.2) is 36.1 Å². The van der Waals surface area contributed by atoms with Crippen LogP contribution >= 0.6 is 0 Å². The second kappa shape index (κ2) is 5.17. The number of aromatic nitrogens is 3. The van der Waals surface area contributed by atoms with Crippen LogP contribution in [-0.2, 0) is 0 Å². The van der Waals surface area contributed by atoms with Gasteiger partial charge in [-0.25, -0.2) is 4.39 Å². The number of anilines is 2. The van der Waals surface area contributed by atoms with E-state index in [9.17, 15) is 4.39 Å². The topological polar surface area (TPSA) is 53.9 Å². The summed E-state index contributed by atoms with van der Waals surface area (Å²) >= 11 is 0. The van der Waals surface area contributed by atoms with Gasteiger partial charge in [-0.1, -0.05) is 6.07 Å². The molecule has 1 aromatic carbocycles. The molecule has 1 N–H and O–H groups in total. The zero-order chi connectivity index (χ0) is 14.0. The summed E-state index contributed by atoms with van der Waals surface area (Å²) in [6.07, 6.45) is 0. The Balaban J connectivity index is 2.60. The molecule has 0 bridgehead atoms. The number of benzene rings is 1. The van der Waals surface area contributed by atoms with Crippen molar-refractivity contribution in [2.45, 2.75) is 6.92 Å². The Hall–Kier alpha value is -2.24. The van der Waals surface area contributed by atoms with E-state index in [0.29, 0.717) is 23.3 Å². The molecule has 5 nitrogen and oxygen atoms in total. The molecule has 0 amide bonds. The fraction of sp³-hybridized carbons (Fsp3) is 0.308. The molecule has 0 aliphatic rings. The van der Waals surface area contributed by atoms with Crippen LogP contribution < -0.4 is 10.2 Å². The maximum Gasteiger partial charge on any atom is 0.230 e. The third-order valence-corrected chi connectivity index (χ3v) is 2.69. The minimum absolute atomic E-state index is 0.307. The maximum absolute atomic E-state index is 13.4. The summed E-state index contributed by atoms with van der Waals surface area (Å²) in [6, 6.07) is 4.57. The van der Waals surface area contributed by atoms with Crippen LogP contribution in [0.2, 0.25) is 0 Å². The first-order chi connectivity index (χ1) is 9.01. The number of nitrogens with one attached hydrogen (secondary N) is 1. The van der Waals surface area contributed by atoms with Crippen LogP contribution in [0.4, 0.5) is 16.3 Å². The highest BCUT2D eigenvalue weighted by Gasteiger charge is 2.11. The molecule has 1 heterocycles. The number of halogens is 1. The second-order valence-corrected chi connectivity index (χ2v) is 4.39. The van der Waals surface area contributed by atoms with Crippen molar-refractivity contribution in [3.63, 3.8) is 0 Å². The highest BCUT2D eigenvalue weighted by atomic mass is 19.1. The third kappa shape index (κ3) is 2.78. The lowest BCUT2D eigenvalue weighted by molar-refractivity contribution is 0.627. The van der Waals surface area contributed by atoms with E-state index in [-0.39, 0.29) is 5.82 Å². The van der Waals surface area contributed by atoms with Crippen LogP contribution in [0.1, 0.15) is 5.56 Å². The molecule has 0 unspecified atom stereocenters. The molecule has 2 rings (SSSR count). The Bertz CT molecular complexity index is 598. The fourth-order valence-electron chi connectivity index (χ4n) is 1.63. The lowest BCUT2D eigenvalue weighted by Crippen LogP contribution is -2.15. The smallest absolute Gasteiger partial charge is 0.230 e. The van der Waals surface area contributed by atoms with Crippen molar-refractivity contribution >= 4 is 11.9 Å². The van der Waals surface area contributed by atoms with Gasteiger partial charge in [0.2, 0.25) is 11.9 Å². The molecular formula is C13H16FN5. The number of hydrogen-bond acceptors (Lipinski definition) is 5. The van der Waals surface area contributed by atoms with Crippen LogP contribution in [0, 0.1) is 12.7 Å². The average molecular weight is 261 g/mol. The van der Waals surface area contributed by atoms with Gasteiger partial charge in [-0.15, -0.1) is 0 Å². The predicted octanol–water partition coefficient (Wildman–Crippen LogP) is 2.09. The Morgan fingerprint density at radius 2 is 1.89 bits per heavy atom. The van der Waals surface area contributed by atoms with Crippen molar-refractivity contribution in [3.05, 3.63) is 29.6 Å². The van der Waals surface area contributed by atoms with Gasteiger partial charge in [0.05, 0.1) is 0 Å². The quantitative estimate of drug-likeness (QED) is 0.917. The maximum atomic E-state index is 13.4. The Kier molecular flexibility index (Phi) is 3.59. The van der Waals surface area contributed by atoms with Gasteiger partial charge in [-0.05, 0) is 24.6 Å². The van der Waals surface area contributed by atoms with E-state index >= 15 is 0 Å². The van der Waals surface area contributed by atoms with Gasteiger partial charge in [-0.2, -0.15) is 15.0 Å². The minimum Gasteiger partial charge on any atom is -0.357 e. The molecule has 19 heavy (non-hydrogen) atoms. The van der Waals surface area contributed by atoms with Gasteiger partial charge in [0.25, 0.3) is 0 Å². The third-order valence-electron chi connectivity index (χ3n) is 2.69. The molecule has 0 fully saturated rings. The van der Waals surface area contributed by atoms with Crippen molar-refractivity contribution < 1.29 is 4.39 Å². The lowest BCUT2D eigenvalue weighted by atomic mass is 10.1. The van der Waals surface area contributed by atoms with E-state index in [4.69, 9.17) is 0 Å². The summed E-state index contributed by atoms with van der Waals surface area (Å²) in [7, 11) is 5.42. The first kappa shape index (κ1) is 13.2. The van der Waals surface area contributed by atoms with E-state index in [2.05, 4.69) is 20.3 Å². The molecule has 0 aliphatic carbocycles. The van der Waals surface area contributed by atoms with Gasteiger partial charge in [0.15, 0.2) is 5.82 Å². The van der Waals surface area contributed by atoms with Crippen LogP contribution in [0.25, 0.3) is 11.4 Å². The lowest BCUT2D eigenvalue weighted by Gasteiger charge is -2.13. The SMILES string of the molecule is CNc1nc(-c2cc(F)ccc2C)nc(N(C)C)n1. The molecular weight excluding hydrogens is 245 g/mol. The highest BCUT2D eigenvalue weighted by molar-refractivity contribution is 5.62. The van der Waals surface area contributed by atoms with E-state index in [1.165, 1.54) is 12.1 Å². The second-order valence-electron chi connectivity index (χ2n) is 4.39. The number of aryl methyl sites for hydroxylation is 1. The molecule has 6 heteroatoms. The fourth-order valence-corrected chi connectivity index (χ4v) is 1.63. The van der Waals surface area contributed by atoms with Crippen LogP contribution in [0.3, 0.4) is 0 Å². The van der Waals surface area contributed by atoms with Crippen molar-refractivity contribution in [2.75, 3.05) is 31.4 Å². The number of rotatable bonds is 3. The van der Waals surface area contributed by atoms with Gasteiger partial charge in [0.1, 0.15) is 5.82 Å². The van der Waals surface area contributed by atoms with Gasteiger partial charge >= 0.3 is 0 Å². The molecule has 0 spiro atoms. The van der Waals surface area contributed by atoms with Crippen LogP contribution in [0.5, 0.6) is 0 Å². The van der Waals surface area contributed by atoms with Gasteiger partial charge < -0.3 is 10.2 Å². The summed E-state index contributed by atoms with van der Waals surface area (Å²) < 4.78 is 13.4. The molecule has 0 radical (unpaired) electrons. The van der Waals surface area contributed by atoms with Gasteiger partial charge in [-0.3, -0.25) is 0 Å². The van der Waals surface area contributed by atoms with Crippen molar-refractivity contribution in [1.29, 1.82) is 0 Å². The largest absolute Gasteiger partial charge is 0.357 e. The molecule has 2 aromatic rings. The van der Waals surface area contributed by atoms with Crippen LogP contribution in [0.15, 0.2) is 18.2 Å². The monoisotopic (exact) mass is 261 g/mol. The summed E-state index contributed by atoms with van der Waals surface area (Å²) in [4.78, 5) is 14.6. The first-order valence-corrected chi connectivity index (χ1v) is 5.89. The average Bonchev–Trinajstić information content (AvgIpc) is 2.40. The zero-order valence-corrected chi connectivity index (χ0v) is 11.4. The first-order valence-electron chi connectivity index (χ1n) is 5.89. The van der Waals surface area contributed by atoms with E-state index < -0.39 is 0 Å². The molecule has 100 valence electrons. The molecule has 1 aromatic heterocycles. The predicted molar refractivity (Wildman–Crippen MR) is 73.8 cm³/mol. The highest BCUT2D eigenvalue weighted by Crippen LogP contribution is 2.23. The van der Waals surface area contributed by atoms with Crippen molar-refractivity contribution in [1.82, 2.24) is 15.0 Å². The Labute approximate surface area is 111 Å². The molecule has 0 saturated carbocycles. The minimum atomic E-state index is -0.307. The Morgan fingerprint density at radius 3 is 2.53 bits per heavy atom. The Morgan fingerprint density at radius 1 is 1.16 bits per heavy atom. The zero-order valence-electron chi connectivity index (χ0n) is 11.4. The molecule has 0 saturated heterocycles. The molecule has 0 aliphatic heterocycles. The summed E-state index contributed by atoms with van der Waals surface area (Å²) in [5, 5.41) is 2.88. The standard InChI is InChI=1S/C13H16FN5/c1-8-5-6-9(14)7-10(8)11-16-12(15-2)18-13(17-11)19(3)4/h5-7H,1-4H3,(H,15,16,17,18). The van der Waals surface area contributed by atoms with Crippen molar-refractivity contribution in [3.8, 4) is 11.4 Å². The van der Waals surface area contributed by atoms with E-state index in [0.717, 1.165) is 5.56 Å².